The van der Waals surface area contributed by atoms with Crippen LogP contribution in [0.5, 0.6) is 0 Å². The number of carbonyl (C=O) groups excluding carboxylic acids is 2. The lowest BCUT2D eigenvalue weighted by Gasteiger charge is -2.31. The van der Waals surface area contributed by atoms with E-state index in [0.717, 1.165) is 36.3 Å². The molecule has 1 N–H and O–H groups in total. The maximum Gasteiger partial charge on any atom is 0.229 e. The molecule has 1 aliphatic heterocycles. The molecule has 102 valence electrons. The number of hydrogen-bond donors (Lipinski definition) is 1. The van der Waals surface area contributed by atoms with Crippen molar-refractivity contribution in [1.29, 1.82) is 0 Å². The highest BCUT2D eigenvalue weighted by Crippen LogP contribution is 2.30. The van der Waals surface area contributed by atoms with Crippen LogP contribution in [0.15, 0.2) is 18.2 Å². The maximum absolute atomic E-state index is 12.2. The van der Waals surface area contributed by atoms with Gasteiger partial charge in [0.25, 0.3) is 0 Å². The summed E-state index contributed by atoms with van der Waals surface area (Å²) in [7, 11) is 0. The van der Waals surface area contributed by atoms with E-state index < -0.39 is 0 Å². The van der Waals surface area contributed by atoms with E-state index in [0.29, 0.717) is 0 Å². The number of fused-ring (bicyclic) bond motifs is 1. The van der Waals surface area contributed by atoms with Crippen molar-refractivity contribution in [1.82, 2.24) is 0 Å². The van der Waals surface area contributed by atoms with Crippen LogP contribution < -0.4 is 10.2 Å². The minimum Gasteiger partial charge on any atom is -0.326 e. The van der Waals surface area contributed by atoms with Crippen molar-refractivity contribution in [3.05, 3.63) is 23.8 Å². The molecule has 0 spiro atoms. The molecule has 0 fully saturated rings. The van der Waals surface area contributed by atoms with Gasteiger partial charge in [0, 0.05) is 30.8 Å². The van der Waals surface area contributed by atoms with E-state index in [-0.39, 0.29) is 17.7 Å². The second kappa shape index (κ2) is 5.43. The Morgan fingerprint density at radius 1 is 1.32 bits per heavy atom. The van der Waals surface area contributed by atoms with Gasteiger partial charge in [-0.25, -0.2) is 0 Å². The Hall–Kier alpha value is -1.84. The van der Waals surface area contributed by atoms with E-state index in [9.17, 15) is 9.59 Å². The number of amides is 2. The molecule has 2 rings (SSSR count). The van der Waals surface area contributed by atoms with Crippen molar-refractivity contribution >= 4 is 23.2 Å². The second-order valence-corrected chi connectivity index (χ2v) is 5.27. The summed E-state index contributed by atoms with van der Waals surface area (Å²) in [6.45, 7) is 6.11. The fourth-order valence-electron chi connectivity index (χ4n) is 2.42. The largest absolute Gasteiger partial charge is 0.326 e. The van der Waals surface area contributed by atoms with Crippen LogP contribution in [-0.2, 0) is 16.0 Å². The molecule has 4 heteroatoms. The van der Waals surface area contributed by atoms with E-state index in [2.05, 4.69) is 5.32 Å². The minimum atomic E-state index is -0.0779. The van der Waals surface area contributed by atoms with Crippen molar-refractivity contribution in [3.63, 3.8) is 0 Å². The van der Waals surface area contributed by atoms with Gasteiger partial charge in [0.15, 0.2) is 0 Å². The number of nitrogens with one attached hydrogen (secondary N) is 1. The van der Waals surface area contributed by atoms with Gasteiger partial charge in [-0.3, -0.25) is 9.59 Å². The van der Waals surface area contributed by atoms with E-state index in [4.69, 9.17) is 0 Å². The van der Waals surface area contributed by atoms with Crippen molar-refractivity contribution in [3.8, 4) is 0 Å². The number of anilines is 2. The zero-order valence-electron chi connectivity index (χ0n) is 11.7. The molecule has 19 heavy (non-hydrogen) atoms. The number of nitrogens with zero attached hydrogens (tertiary/aromatic N) is 1. The lowest BCUT2D eigenvalue weighted by atomic mass is 9.99. The molecule has 4 nitrogen and oxygen atoms in total. The van der Waals surface area contributed by atoms with E-state index in [1.54, 1.807) is 0 Å². The SMILES string of the molecule is CC(=O)Nc1ccc2c(c1)CCCN2C(=O)C(C)C. The zero-order valence-corrected chi connectivity index (χ0v) is 11.7. The Kier molecular flexibility index (Phi) is 3.88. The van der Waals surface area contributed by atoms with Crippen LogP contribution in [0.25, 0.3) is 0 Å². The standard InChI is InChI=1S/C15H20N2O2/c1-10(2)15(19)17-8-4-5-12-9-13(16-11(3)18)6-7-14(12)17/h6-7,9-10H,4-5,8H2,1-3H3,(H,16,18). The molecule has 0 saturated carbocycles. The topological polar surface area (TPSA) is 49.4 Å². The summed E-state index contributed by atoms with van der Waals surface area (Å²) < 4.78 is 0. The lowest BCUT2D eigenvalue weighted by molar-refractivity contribution is -0.121. The highest BCUT2D eigenvalue weighted by Gasteiger charge is 2.24. The van der Waals surface area contributed by atoms with Crippen LogP contribution >= 0.6 is 0 Å². The molecule has 1 aromatic rings. The predicted octanol–water partition coefficient (Wildman–Crippen LogP) is 2.58. The van der Waals surface area contributed by atoms with E-state index in [1.807, 2.05) is 36.9 Å². The summed E-state index contributed by atoms with van der Waals surface area (Å²) in [5.74, 6) is 0.0834. The summed E-state index contributed by atoms with van der Waals surface area (Å²) >= 11 is 0. The maximum atomic E-state index is 12.2. The molecule has 0 saturated heterocycles. The molecule has 0 unspecified atom stereocenters. The van der Waals surface area contributed by atoms with Gasteiger partial charge in [0.05, 0.1) is 0 Å². The van der Waals surface area contributed by atoms with Gasteiger partial charge in [-0.2, -0.15) is 0 Å². The molecule has 0 radical (unpaired) electrons. The highest BCUT2D eigenvalue weighted by molar-refractivity contribution is 5.96. The molecular formula is C15H20N2O2. The monoisotopic (exact) mass is 260 g/mol. The first-order chi connectivity index (χ1) is 8.99. The molecule has 0 aliphatic carbocycles. The van der Waals surface area contributed by atoms with Crippen LogP contribution in [0.3, 0.4) is 0 Å². The van der Waals surface area contributed by atoms with E-state index >= 15 is 0 Å². The molecule has 1 heterocycles. The normalized spacial score (nSPS) is 14.2. The van der Waals surface area contributed by atoms with Gasteiger partial charge in [0.1, 0.15) is 0 Å². The van der Waals surface area contributed by atoms with Gasteiger partial charge in [-0.15, -0.1) is 0 Å². The fraction of sp³-hybridized carbons (Fsp3) is 0.467. The molecule has 0 bridgehead atoms. The summed E-state index contributed by atoms with van der Waals surface area (Å²) in [4.78, 5) is 25.1. The quantitative estimate of drug-likeness (QED) is 0.888. The number of aryl methyl sites for hydroxylation is 1. The third-order valence-corrected chi connectivity index (χ3v) is 3.28. The Labute approximate surface area is 113 Å². The number of hydrogen-bond acceptors (Lipinski definition) is 2. The van der Waals surface area contributed by atoms with Crippen LogP contribution in [0.2, 0.25) is 0 Å². The summed E-state index contributed by atoms with van der Waals surface area (Å²) in [6, 6.07) is 5.75. The molecule has 0 aromatic heterocycles. The second-order valence-electron chi connectivity index (χ2n) is 5.27. The van der Waals surface area contributed by atoms with Crippen molar-refractivity contribution in [2.45, 2.75) is 33.6 Å². The summed E-state index contributed by atoms with van der Waals surface area (Å²) in [5, 5.41) is 2.78. The minimum absolute atomic E-state index is 0.000899. The van der Waals surface area contributed by atoms with Crippen molar-refractivity contribution in [2.75, 3.05) is 16.8 Å². The van der Waals surface area contributed by atoms with E-state index in [1.165, 1.54) is 6.92 Å². The first kappa shape index (κ1) is 13.6. The van der Waals surface area contributed by atoms with Gasteiger partial charge < -0.3 is 10.2 Å². The predicted molar refractivity (Wildman–Crippen MR) is 76.3 cm³/mol. The third kappa shape index (κ3) is 2.95. The Balaban J connectivity index is 2.30. The zero-order chi connectivity index (χ0) is 14.0. The van der Waals surface area contributed by atoms with Gasteiger partial charge in [0.2, 0.25) is 11.8 Å². The van der Waals surface area contributed by atoms with Crippen LogP contribution in [0.1, 0.15) is 32.8 Å². The van der Waals surface area contributed by atoms with Crippen LogP contribution in [0, 0.1) is 5.92 Å². The summed E-state index contributed by atoms with van der Waals surface area (Å²) in [6.07, 6.45) is 1.92. The van der Waals surface area contributed by atoms with Crippen molar-refractivity contribution < 1.29 is 9.59 Å². The number of benzene rings is 1. The van der Waals surface area contributed by atoms with Gasteiger partial charge in [-0.05, 0) is 36.6 Å². The highest BCUT2D eigenvalue weighted by atomic mass is 16.2. The Morgan fingerprint density at radius 3 is 2.68 bits per heavy atom. The average molecular weight is 260 g/mol. The number of rotatable bonds is 2. The van der Waals surface area contributed by atoms with Crippen LogP contribution in [0.4, 0.5) is 11.4 Å². The first-order valence-corrected chi connectivity index (χ1v) is 6.71. The van der Waals surface area contributed by atoms with Gasteiger partial charge >= 0.3 is 0 Å². The Bertz CT molecular complexity index is 509. The lowest BCUT2D eigenvalue weighted by Crippen LogP contribution is -2.38. The average Bonchev–Trinajstić information content (AvgIpc) is 2.36. The van der Waals surface area contributed by atoms with Crippen molar-refractivity contribution in [2.24, 2.45) is 5.92 Å². The molecule has 1 aromatic carbocycles. The summed E-state index contributed by atoms with van der Waals surface area (Å²) in [5.41, 5.74) is 2.91. The molecule has 2 amide bonds. The molecular weight excluding hydrogens is 240 g/mol. The van der Waals surface area contributed by atoms with Gasteiger partial charge in [-0.1, -0.05) is 13.8 Å². The Morgan fingerprint density at radius 2 is 2.05 bits per heavy atom. The van der Waals surface area contributed by atoms with Crippen LogP contribution in [-0.4, -0.2) is 18.4 Å². The fourth-order valence-corrected chi connectivity index (χ4v) is 2.42. The first-order valence-electron chi connectivity index (χ1n) is 6.71. The third-order valence-electron chi connectivity index (χ3n) is 3.28. The molecule has 1 aliphatic rings. The smallest absolute Gasteiger partial charge is 0.229 e. The number of carbonyl (C=O) groups is 2. The molecule has 0 atom stereocenters.